The largest absolute Gasteiger partial charge is 0.507 e. The molecule has 0 aliphatic carbocycles. The highest BCUT2D eigenvalue weighted by molar-refractivity contribution is 6.51. The van der Waals surface area contributed by atoms with Crippen LogP contribution >= 0.6 is 11.6 Å². The molecule has 4 rings (SSSR count). The lowest BCUT2D eigenvalue weighted by atomic mass is 9.94. The minimum absolute atomic E-state index is 0.0538. The molecule has 8 heteroatoms. The number of nitrogens with one attached hydrogen (secondary N) is 1. The topological polar surface area (TPSA) is 86.7 Å². The number of carbonyl (C=O) groups excluding carboxylic acids is 3. The number of Topliss-reactive ketones (excluding diaryl/α,β-unsaturated/α-hetero) is 1. The molecule has 2 amide bonds. The maximum Gasteiger partial charge on any atom is 0.300 e. The standard InChI is InChI=1S/C25H18ClFN2O4/c1-14(30)28-17-10-12-18(13-11-17)29-22(19-4-2-3-5-20(19)27)21(24(32)25(29)33)23(31)15-6-8-16(26)9-7-15/h2-13,22,31H,1H3,(H,28,30)/t22-/m0/s1. The number of carbonyl (C=O) groups is 3. The van der Waals surface area contributed by atoms with Crippen LogP contribution in [0.3, 0.4) is 0 Å². The number of hydrogen-bond acceptors (Lipinski definition) is 4. The van der Waals surface area contributed by atoms with Crippen molar-refractivity contribution in [1.82, 2.24) is 0 Å². The molecule has 6 nitrogen and oxygen atoms in total. The Hall–Kier alpha value is -3.97. The van der Waals surface area contributed by atoms with Gasteiger partial charge in [0.25, 0.3) is 11.7 Å². The second-order valence-corrected chi connectivity index (χ2v) is 7.86. The number of aliphatic hydroxyl groups is 1. The lowest BCUT2D eigenvalue weighted by Gasteiger charge is -2.26. The molecule has 1 fully saturated rings. The van der Waals surface area contributed by atoms with Gasteiger partial charge in [-0.1, -0.05) is 29.8 Å². The van der Waals surface area contributed by atoms with E-state index >= 15 is 0 Å². The number of amides is 2. The summed E-state index contributed by atoms with van der Waals surface area (Å²) in [5.74, 6) is -3.19. The van der Waals surface area contributed by atoms with Crippen molar-refractivity contribution in [2.45, 2.75) is 13.0 Å². The second-order valence-electron chi connectivity index (χ2n) is 7.43. The maximum atomic E-state index is 14.9. The molecule has 1 atom stereocenters. The molecule has 0 bridgehead atoms. The van der Waals surface area contributed by atoms with Gasteiger partial charge < -0.3 is 10.4 Å². The summed E-state index contributed by atoms with van der Waals surface area (Å²) in [7, 11) is 0. The van der Waals surface area contributed by atoms with Crippen LogP contribution in [-0.2, 0) is 14.4 Å². The average molecular weight is 465 g/mol. The first kappa shape index (κ1) is 22.2. The fraction of sp³-hybridized carbons (Fsp3) is 0.0800. The Bertz CT molecular complexity index is 1290. The van der Waals surface area contributed by atoms with E-state index in [1.165, 1.54) is 61.5 Å². The zero-order valence-electron chi connectivity index (χ0n) is 17.4. The van der Waals surface area contributed by atoms with Crippen LogP contribution in [0.4, 0.5) is 15.8 Å². The van der Waals surface area contributed by atoms with Crippen molar-refractivity contribution in [2.75, 3.05) is 10.2 Å². The van der Waals surface area contributed by atoms with Crippen molar-refractivity contribution in [1.29, 1.82) is 0 Å². The van der Waals surface area contributed by atoms with Gasteiger partial charge in [0.05, 0.1) is 11.6 Å². The number of ketones is 1. The van der Waals surface area contributed by atoms with Crippen molar-refractivity contribution in [2.24, 2.45) is 0 Å². The highest BCUT2D eigenvalue weighted by Crippen LogP contribution is 2.43. The molecule has 1 aliphatic heterocycles. The Labute approximate surface area is 193 Å². The molecule has 2 N–H and O–H groups in total. The van der Waals surface area contributed by atoms with E-state index in [2.05, 4.69) is 5.32 Å². The number of nitrogens with zero attached hydrogens (tertiary/aromatic N) is 1. The van der Waals surface area contributed by atoms with Gasteiger partial charge in [-0.05, 0) is 54.6 Å². The summed E-state index contributed by atoms with van der Waals surface area (Å²) in [6.07, 6.45) is 0. The number of benzene rings is 3. The van der Waals surface area contributed by atoms with E-state index in [0.717, 1.165) is 4.90 Å². The van der Waals surface area contributed by atoms with Gasteiger partial charge in [-0.3, -0.25) is 19.3 Å². The quantitative estimate of drug-likeness (QED) is 0.321. The maximum absolute atomic E-state index is 14.9. The van der Waals surface area contributed by atoms with Gasteiger partial charge >= 0.3 is 0 Å². The van der Waals surface area contributed by atoms with Gasteiger partial charge in [-0.15, -0.1) is 0 Å². The minimum Gasteiger partial charge on any atom is -0.507 e. The minimum atomic E-state index is -1.20. The number of halogens is 2. The lowest BCUT2D eigenvalue weighted by Crippen LogP contribution is -2.29. The van der Waals surface area contributed by atoms with Crippen LogP contribution in [0.15, 0.2) is 78.4 Å². The van der Waals surface area contributed by atoms with Crippen molar-refractivity contribution < 1.29 is 23.9 Å². The van der Waals surface area contributed by atoms with Gasteiger partial charge in [0, 0.05) is 34.4 Å². The molecule has 0 unspecified atom stereocenters. The van der Waals surface area contributed by atoms with Gasteiger partial charge in [0.2, 0.25) is 5.91 Å². The van der Waals surface area contributed by atoms with Crippen molar-refractivity contribution in [3.05, 3.63) is 100 Å². The molecule has 3 aromatic rings. The molecule has 1 aliphatic rings. The molecule has 0 saturated carbocycles. The molecular weight excluding hydrogens is 447 g/mol. The molecule has 0 radical (unpaired) electrons. The van der Waals surface area contributed by atoms with Gasteiger partial charge in [-0.25, -0.2) is 4.39 Å². The normalized spacial score (nSPS) is 17.3. The second kappa shape index (κ2) is 8.88. The first-order valence-corrected chi connectivity index (χ1v) is 10.3. The van der Waals surface area contributed by atoms with Crippen molar-refractivity contribution in [3.8, 4) is 0 Å². The molecule has 0 aromatic heterocycles. The number of anilines is 2. The van der Waals surface area contributed by atoms with Crippen LogP contribution in [0.2, 0.25) is 5.02 Å². The fourth-order valence-corrected chi connectivity index (χ4v) is 3.89. The van der Waals surface area contributed by atoms with Gasteiger partial charge in [0.15, 0.2) is 0 Å². The lowest BCUT2D eigenvalue weighted by molar-refractivity contribution is -0.132. The Balaban J connectivity index is 1.89. The zero-order valence-corrected chi connectivity index (χ0v) is 18.1. The van der Waals surface area contributed by atoms with E-state index in [9.17, 15) is 23.9 Å². The van der Waals surface area contributed by atoms with Crippen LogP contribution in [0.5, 0.6) is 0 Å². The Kier molecular flexibility index (Phi) is 5.98. The summed E-state index contributed by atoms with van der Waals surface area (Å²) in [6, 6.07) is 16.8. The fourth-order valence-electron chi connectivity index (χ4n) is 3.76. The van der Waals surface area contributed by atoms with Crippen molar-refractivity contribution >= 4 is 46.3 Å². The third-order valence-corrected chi connectivity index (χ3v) is 5.48. The zero-order chi connectivity index (χ0) is 23.7. The van der Waals surface area contributed by atoms with E-state index < -0.39 is 29.3 Å². The van der Waals surface area contributed by atoms with Gasteiger partial charge in [0.1, 0.15) is 11.6 Å². The highest BCUT2D eigenvalue weighted by Gasteiger charge is 2.47. The van der Waals surface area contributed by atoms with E-state index in [4.69, 9.17) is 11.6 Å². The summed E-state index contributed by atoms with van der Waals surface area (Å²) in [4.78, 5) is 38.6. The molecule has 0 spiro atoms. The summed E-state index contributed by atoms with van der Waals surface area (Å²) in [5, 5.41) is 14.0. The van der Waals surface area contributed by atoms with Crippen molar-refractivity contribution in [3.63, 3.8) is 0 Å². The first-order valence-electron chi connectivity index (χ1n) is 9.97. The third kappa shape index (κ3) is 4.23. The van der Waals surface area contributed by atoms with Crippen LogP contribution in [-0.4, -0.2) is 22.7 Å². The van der Waals surface area contributed by atoms with Gasteiger partial charge in [-0.2, -0.15) is 0 Å². The Morgan fingerprint density at radius 1 is 1.00 bits per heavy atom. The summed E-state index contributed by atoms with van der Waals surface area (Å²) < 4.78 is 14.9. The molecule has 3 aromatic carbocycles. The summed E-state index contributed by atoms with van der Waals surface area (Å²) in [5.41, 5.74) is 0.873. The number of rotatable bonds is 4. The molecular formula is C25H18ClFN2O4. The van der Waals surface area contributed by atoms with E-state index in [1.54, 1.807) is 18.2 Å². The Morgan fingerprint density at radius 3 is 2.24 bits per heavy atom. The third-order valence-electron chi connectivity index (χ3n) is 5.23. The predicted octanol–water partition coefficient (Wildman–Crippen LogP) is 5.06. The molecule has 166 valence electrons. The molecule has 1 saturated heterocycles. The van der Waals surface area contributed by atoms with Crippen LogP contribution in [0, 0.1) is 5.82 Å². The molecule has 1 heterocycles. The molecule has 33 heavy (non-hydrogen) atoms. The van der Waals surface area contributed by atoms with E-state index in [1.807, 2.05) is 0 Å². The van der Waals surface area contributed by atoms with E-state index in [0.29, 0.717) is 16.4 Å². The first-order chi connectivity index (χ1) is 15.8. The highest BCUT2D eigenvalue weighted by atomic mass is 35.5. The van der Waals surface area contributed by atoms with E-state index in [-0.39, 0.29) is 22.6 Å². The number of aliphatic hydroxyl groups excluding tert-OH is 1. The van der Waals surface area contributed by atoms with Crippen LogP contribution in [0.1, 0.15) is 24.1 Å². The van der Waals surface area contributed by atoms with Crippen LogP contribution in [0.25, 0.3) is 5.76 Å². The summed E-state index contributed by atoms with van der Waals surface area (Å²) >= 11 is 5.92. The summed E-state index contributed by atoms with van der Waals surface area (Å²) in [6.45, 7) is 1.36. The SMILES string of the molecule is CC(=O)Nc1ccc(N2C(=O)C(=O)C(=C(O)c3ccc(Cl)cc3)[C@@H]2c2ccccc2F)cc1. The average Bonchev–Trinajstić information content (AvgIpc) is 3.05. The predicted molar refractivity (Wildman–Crippen MR) is 123 cm³/mol. The van der Waals surface area contributed by atoms with Crippen LogP contribution < -0.4 is 10.2 Å². The monoisotopic (exact) mass is 464 g/mol. The Morgan fingerprint density at radius 2 is 1.64 bits per heavy atom. The smallest absolute Gasteiger partial charge is 0.300 e. The number of hydrogen-bond donors (Lipinski definition) is 2.